The van der Waals surface area contributed by atoms with E-state index in [-0.39, 0.29) is 26.0 Å². The summed E-state index contributed by atoms with van der Waals surface area (Å²) in [6, 6.07) is 20.5. The predicted octanol–water partition coefficient (Wildman–Crippen LogP) is 10.0. The fourth-order valence-corrected chi connectivity index (χ4v) is 6.27. The number of carbonyl (C=O) groups excluding carboxylic acids is 2. The molecule has 210 valence electrons. The summed E-state index contributed by atoms with van der Waals surface area (Å²) in [5, 5.41) is 13.8. The molecule has 0 heterocycles. The second-order valence-electron chi connectivity index (χ2n) is 8.32. The number of carbonyl (C=O) groups is 3. The van der Waals surface area contributed by atoms with Gasteiger partial charge in [0.05, 0.1) is 41.9 Å². The highest BCUT2D eigenvalue weighted by molar-refractivity contribution is 8.00. The molecule has 2 amide bonds. The van der Waals surface area contributed by atoms with Crippen LogP contribution in [-0.2, 0) is 4.79 Å². The first-order valence-corrected chi connectivity index (χ1v) is 14.6. The number of halogens is 6. The molecule has 4 aromatic rings. The minimum atomic E-state index is -1.51. The first kappa shape index (κ1) is 31.3. The Morgan fingerprint density at radius 1 is 0.707 bits per heavy atom. The Morgan fingerprint density at radius 2 is 1.37 bits per heavy atom. The van der Waals surface area contributed by atoms with Crippen molar-refractivity contribution in [2.75, 3.05) is 10.6 Å². The maximum atomic E-state index is 13.4. The largest absolute Gasteiger partial charge is 0.478 e. The van der Waals surface area contributed by atoms with Crippen molar-refractivity contribution in [3.8, 4) is 0 Å². The van der Waals surface area contributed by atoms with Crippen LogP contribution in [0.15, 0.2) is 77.7 Å². The number of hydrogen-bond acceptors (Lipinski definition) is 4. The lowest BCUT2D eigenvalue weighted by molar-refractivity contribution is -0.115. The molecule has 0 spiro atoms. The number of rotatable bonds is 8. The van der Waals surface area contributed by atoms with Crippen molar-refractivity contribution >= 4 is 111 Å². The van der Waals surface area contributed by atoms with Gasteiger partial charge in [0.2, 0.25) is 5.91 Å². The van der Waals surface area contributed by atoms with Gasteiger partial charge in [-0.25, -0.2) is 4.79 Å². The predicted molar refractivity (Wildman–Crippen MR) is 168 cm³/mol. The van der Waals surface area contributed by atoms with Crippen molar-refractivity contribution in [2.45, 2.75) is 10.1 Å². The van der Waals surface area contributed by atoms with Gasteiger partial charge in [-0.05, 0) is 42.0 Å². The normalized spacial score (nSPS) is 11.6. The molecule has 13 heteroatoms. The molecular formula is C28H16Cl6N2O4S. The average molecular weight is 689 g/mol. The van der Waals surface area contributed by atoms with E-state index in [9.17, 15) is 19.5 Å². The zero-order valence-corrected chi connectivity index (χ0v) is 25.7. The van der Waals surface area contributed by atoms with Crippen LogP contribution in [0.25, 0.3) is 0 Å². The summed E-state index contributed by atoms with van der Waals surface area (Å²) in [7, 11) is 0. The van der Waals surface area contributed by atoms with Crippen molar-refractivity contribution in [3.05, 3.63) is 120 Å². The van der Waals surface area contributed by atoms with E-state index in [4.69, 9.17) is 69.6 Å². The molecule has 6 nitrogen and oxygen atoms in total. The zero-order chi connectivity index (χ0) is 29.8. The van der Waals surface area contributed by atoms with Gasteiger partial charge < -0.3 is 15.7 Å². The molecule has 0 radical (unpaired) electrons. The van der Waals surface area contributed by atoms with Crippen LogP contribution in [0.1, 0.15) is 31.5 Å². The number of hydrogen-bond donors (Lipinski definition) is 3. The Kier molecular flexibility index (Phi) is 10.4. The van der Waals surface area contributed by atoms with Gasteiger partial charge in [0.15, 0.2) is 0 Å². The Labute approximate surface area is 268 Å². The summed E-state index contributed by atoms with van der Waals surface area (Å²) in [5.41, 5.74) is 0.379. The number of nitrogens with one attached hydrogen (secondary N) is 2. The SMILES string of the molecule is O=C(O)c1c(Cl)c(Cl)c(Cl)c(Cl)c1C(=O)Nc1cccc(SC(C(=O)Nc2ccc(Cl)cc2Cl)c2ccccc2)c1. The van der Waals surface area contributed by atoms with Gasteiger partial charge in [-0.2, -0.15) is 0 Å². The van der Waals surface area contributed by atoms with Crippen molar-refractivity contribution in [3.63, 3.8) is 0 Å². The van der Waals surface area contributed by atoms with Crippen molar-refractivity contribution in [2.24, 2.45) is 0 Å². The molecule has 0 aliphatic heterocycles. The monoisotopic (exact) mass is 686 g/mol. The maximum Gasteiger partial charge on any atom is 0.338 e. The van der Waals surface area contributed by atoms with E-state index < -0.39 is 33.3 Å². The molecule has 0 fully saturated rings. The van der Waals surface area contributed by atoms with Gasteiger partial charge in [-0.3, -0.25) is 9.59 Å². The summed E-state index contributed by atoms with van der Waals surface area (Å²) in [6.45, 7) is 0. The van der Waals surface area contributed by atoms with E-state index in [0.29, 0.717) is 21.3 Å². The number of aromatic carboxylic acids is 1. The molecule has 0 aliphatic rings. The summed E-state index contributed by atoms with van der Waals surface area (Å²) in [5.74, 6) is -2.73. The fraction of sp³-hybridized carbons (Fsp3) is 0.0357. The standard InChI is InChI=1S/C28H16Cl6N2O4S/c29-14-9-10-18(17(30)11-14)36-27(38)25(13-5-2-1-3-6-13)41-16-8-4-7-15(12-16)35-26(37)19-20(28(39)40)22(32)24(34)23(33)21(19)31/h1-12,25H,(H,35,37)(H,36,38)(H,39,40). The lowest BCUT2D eigenvalue weighted by Crippen LogP contribution is -2.19. The van der Waals surface area contributed by atoms with Crippen molar-refractivity contribution in [1.82, 2.24) is 0 Å². The molecule has 0 saturated heterocycles. The number of anilines is 2. The van der Waals surface area contributed by atoms with Crippen LogP contribution in [0.2, 0.25) is 30.1 Å². The number of carboxylic acids is 1. The van der Waals surface area contributed by atoms with E-state index in [1.807, 2.05) is 30.3 Å². The van der Waals surface area contributed by atoms with Crippen LogP contribution < -0.4 is 10.6 Å². The fourth-order valence-electron chi connectivity index (χ4n) is 3.71. The summed E-state index contributed by atoms with van der Waals surface area (Å²) < 4.78 is 0. The summed E-state index contributed by atoms with van der Waals surface area (Å²) >= 11 is 37.8. The molecule has 0 saturated carbocycles. The van der Waals surface area contributed by atoms with Gasteiger partial charge in [0.25, 0.3) is 5.91 Å². The number of thioether (sulfide) groups is 1. The van der Waals surface area contributed by atoms with Gasteiger partial charge in [0, 0.05) is 15.6 Å². The van der Waals surface area contributed by atoms with Gasteiger partial charge in [-0.15, -0.1) is 11.8 Å². The van der Waals surface area contributed by atoms with E-state index >= 15 is 0 Å². The Balaban J connectivity index is 1.63. The topological polar surface area (TPSA) is 95.5 Å². The van der Waals surface area contributed by atoms with E-state index in [1.54, 1.807) is 36.4 Å². The smallest absolute Gasteiger partial charge is 0.338 e. The van der Waals surface area contributed by atoms with Crippen LogP contribution in [0.3, 0.4) is 0 Å². The minimum Gasteiger partial charge on any atom is -0.478 e. The molecular weight excluding hydrogens is 673 g/mol. The van der Waals surface area contributed by atoms with Crippen LogP contribution in [0, 0.1) is 0 Å². The molecule has 3 N–H and O–H groups in total. The van der Waals surface area contributed by atoms with Crippen molar-refractivity contribution in [1.29, 1.82) is 0 Å². The van der Waals surface area contributed by atoms with Crippen LogP contribution in [-0.4, -0.2) is 22.9 Å². The molecule has 0 aromatic heterocycles. The highest BCUT2D eigenvalue weighted by Crippen LogP contribution is 2.42. The molecule has 1 unspecified atom stereocenters. The third kappa shape index (κ3) is 7.24. The molecule has 4 rings (SSSR count). The molecule has 4 aromatic carbocycles. The van der Waals surface area contributed by atoms with Crippen LogP contribution >= 0.6 is 81.4 Å². The minimum absolute atomic E-state index is 0.254. The second-order valence-corrected chi connectivity index (χ2v) is 11.8. The second kappa shape index (κ2) is 13.6. The lowest BCUT2D eigenvalue weighted by Gasteiger charge is -2.18. The third-order valence-corrected chi connectivity index (χ3v) is 9.18. The highest BCUT2D eigenvalue weighted by Gasteiger charge is 2.29. The Hall–Kier alpha value is -2.62. The van der Waals surface area contributed by atoms with Gasteiger partial charge >= 0.3 is 5.97 Å². The van der Waals surface area contributed by atoms with E-state index in [1.165, 1.54) is 17.8 Å². The highest BCUT2D eigenvalue weighted by atomic mass is 35.5. The lowest BCUT2D eigenvalue weighted by atomic mass is 10.1. The van der Waals surface area contributed by atoms with E-state index in [2.05, 4.69) is 10.6 Å². The first-order chi connectivity index (χ1) is 19.5. The van der Waals surface area contributed by atoms with Crippen molar-refractivity contribution < 1.29 is 19.5 Å². The number of benzene rings is 4. The van der Waals surface area contributed by atoms with E-state index in [0.717, 1.165) is 5.56 Å². The third-order valence-electron chi connectivity index (χ3n) is 5.58. The number of amides is 2. The summed E-state index contributed by atoms with van der Waals surface area (Å²) in [6.07, 6.45) is 0. The Morgan fingerprint density at radius 3 is 2.00 bits per heavy atom. The zero-order valence-electron chi connectivity index (χ0n) is 20.4. The molecule has 1 atom stereocenters. The van der Waals surface area contributed by atoms with Crippen LogP contribution in [0.5, 0.6) is 0 Å². The van der Waals surface area contributed by atoms with Crippen LogP contribution in [0.4, 0.5) is 11.4 Å². The molecule has 0 aliphatic carbocycles. The summed E-state index contributed by atoms with van der Waals surface area (Å²) in [4.78, 5) is 39.1. The Bertz CT molecular complexity index is 1670. The van der Waals surface area contributed by atoms with Gasteiger partial charge in [0.1, 0.15) is 5.25 Å². The maximum absolute atomic E-state index is 13.4. The number of carboxylic acid groups (broad SMARTS) is 1. The first-order valence-electron chi connectivity index (χ1n) is 11.5. The quantitative estimate of drug-likeness (QED) is 0.0973. The molecule has 41 heavy (non-hydrogen) atoms. The molecule has 0 bridgehead atoms. The van der Waals surface area contributed by atoms with Gasteiger partial charge in [-0.1, -0.05) is 106 Å². The average Bonchev–Trinajstić information content (AvgIpc) is 2.94.